The van der Waals surface area contributed by atoms with Gasteiger partial charge in [0.25, 0.3) is 5.91 Å². The summed E-state index contributed by atoms with van der Waals surface area (Å²) in [6, 6.07) is 13.9. The summed E-state index contributed by atoms with van der Waals surface area (Å²) in [7, 11) is 0. The molecule has 0 saturated carbocycles. The molecule has 110 valence electrons. The Hall–Kier alpha value is -2.01. The van der Waals surface area contributed by atoms with Crippen LogP contribution in [-0.4, -0.2) is 27.5 Å². The molecule has 1 atom stereocenters. The van der Waals surface area contributed by atoms with E-state index < -0.39 is 5.91 Å². The van der Waals surface area contributed by atoms with Gasteiger partial charge in [-0.25, -0.2) is 0 Å². The first-order valence-electron chi connectivity index (χ1n) is 6.53. The summed E-state index contributed by atoms with van der Waals surface area (Å²) in [4.78, 5) is 12.2. The average Bonchev–Trinajstić information content (AvgIpc) is 2.47. The number of carbonyl (C=O) groups excluding carboxylic acids is 1. The number of amides is 1. The number of hydrogen-bond donors (Lipinski definition) is 3. The number of alkyl halides is 1. The molecule has 0 aromatic heterocycles. The van der Waals surface area contributed by atoms with Crippen molar-refractivity contribution in [1.29, 1.82) is 0 Å². The van der Waals surface area contributed by atoms with Crippen LogP contribution in [0.1, 0.15) is 15.9 Å². The van der Waals surface area contributed by atoms with E-state index in [1.807, 2.05) is 30.3 Å². The van der Waals surface area contributed by atoms with E-state index in [9.17, 15) is 15.0 Å². The van der Waals surface area contributed by atoms with Crippen molar-refractivity contribution in [2.75, 3.05) is 5.33 Å². The zero-order valence-electron chi connectivity index (χ0n) is 11.3. The lowest BCUT2D eigenvalue weighted by Gasteiger charge is -2.17. The molecule has 0 aliphatic rings. The van der Waals surface area contributed by atoms with Gasteiger partial charge in [-0.3, -0.25) is 4.79 Å². The van der Waals surface area contributed by atoms with E-state index in [1.54, 1.807) is 0 Å². The van der Waals surface area contributed by atoms with Crippen LogP contribution in [0, 0.1) is 0 Å². The lowest BCUT2D eigenvalue weighted by atomic mass is 10.1. The van der Waals surface area contributed by atoms with Gasteiger partial charge in [0.1, 0.15) is 17.1 Å². The highest BCUT2D eigenvalue weighted by atomic mass is 79.9. The van der Waals surface area contributed by atoms with Crippen molar-refractivity contribution < 1.29 is 15.0 Å². The number of nitrogens with one attached hydrogen (secondary N) is 1. The first-order valence-corrected chi connectivity index (χ1v) is 7.65. The molecule has 2 aromatic rings. The molecular weight excluding hydrogens is 334 g/mol. The van der Waals surface area contributed by atoms with Crippen molar-refractivity contribution >= 4 is 21.8 Å². The maximum atomic E-state index is 12.2. The van der Waals surface area contributed by atoms with Crippen molar-refractivity contribution in [2.24, 2.45) is 0 Å². The number of carbonyl (C=O) groups is 1. The van der Waals surface area contributed by atoms with Gasteiger partial charge in [-0.15, -0.1) is 0 Å². The Bertz CT molecular complexity index is 596. The van der Waals surface area contributed by atoms with E-state index >= 15 is 0 Å². The standard InChI is InChI=1S/C16H16BrNO3/c17-10-12(9-11-5-2-1-3-6-11)18-16(21)15-13(19)7-4-8-14(15)20/h1-8,12,19-20H,9-10H2,(H,18,21). The van der Waals surface area contributed by atoms with Crippen molar-refractivity contribution in [3.8, 4) is 11.5 Å². The van der Waals surface area contributed by atoms with E-state index in [0.29, 0.717) is 11.8 Å². The second-order valence-electron chi connectivity index (χ2n) is 4.69. The maximum Gasteiger partial charge on any atom is 0.259 e. The summed E-state index contributed by atoms with van der Waals surface area (Å²) >= 11 is 3.37. The topological polar surface area (TPSA) is 69.6 Å². The monoisotopic (exact) mass is 349 g/mol. The lowest BCUT2D eigenvalue weighted by molar-refractivity contribution is 0.0935. The number of hydrogen-bond acceptors (Lipinski definition) is 3. The molecule has 0 saturated heterocycles. The van der Waals surface area contributed by atoms with Crippen LogP contribution in [0.25, 0.3) is 0 Å². The minimum Gasteiger partial charge on any atom is -0.507 e. The molecule has 1 amide bonds. The first-order chi connectivity index (χ1) is 10.1. The third-order valence-electron chi connectivity index (χ3n) is 3.09. The van der Waals surface area contributed by atoms with Crippen LogP contribution in [0.15, 0.2) is 48.5 Å². The predicted octanol–water partition coefficient (Wildman–Crippen LogP) is 2.83. The molecule has 1 unspecified atom stereocenters. The lowest BCUT2D eigenvalue weighted by Crippen LogP contribution is -2.37. The van der Waals surface area contributed by atoms with Crippen LogP contribution in [0.5, 0.6) is 11.5 Å². The van der Waals surface area contributed by atoms with E-state index in [1.165, 1.54) is 18.2 Å². The van der Waals surface area contributed by atoms with E-state index in [0.717, 1.165) is 5.56 Å². The fourth-order valence-corrected chi connectivity index (χ4v) is 2.45. The van der Waals surface area contributed by atoms with Gasteiger partial charge in [0.15, 0.2) is 0 Å². The Morgan fingerprint density at radius 1 is 1.05 bits per heavy atom. The minimum absolute atomic E-state index is 0.100. The molecule has 0 spiro atoms. The largest absolute Gasteiger partial charge is 0.507 e. The summed E-state index contributed by atoms with van der Waals surface area (Å²) in [5, 5.41) is 22.8. The highest BCUT2D eigenvalue weighted by molar-refractivity contribution is 9.09. The second kappa shape index (κ2) is 7.13. The highest BCUT2D eigenvalue weighted by Gasteiger charge is 2.19. The second-order valence-corrected chi connectivity index (χ2v) is 5.33. The smallest absolute Gasteiger partial charge is 0.259 e. The van der Waals surface area contributed by atoms with Gasteiger partial charge >= 0.3 is 0 Å². The molecular formula is C16H16BrNO3. The van der Waals surface area contributed by atoms with Crippen molar-refractivity contribution in [1.82, 2.24) is 5.32 Å². The van der Waals surface area contributed by atoms with E-state index in [-0.39, 0.29) is 23.1 Å². The van der Waals surface area contributed by atoms with Crippen LogP contribution >= 0.6 is 15.9 Å². The van der Waals surface area contributed by atoms with Crippen molar-refractivity contribution in [3.05, 3.63) is 59.7 Å². The van der Waals surface area contributed by atoms with Crippen LogP contribution in [0.2, 0.25) is 0 Å². The summed E-state index contributed by atoms with van der Waals surface area (Å²) in [5.74, 6) is -0.966. The number of halogens is 1. The number of rotatable bonds is 5. The fourth-order valence-electron chi connectivity index (χ4n) is 2.06. The van der Waals surface area contributed by atoms with Crippen LogP contribution in [-0.2, 0) is 6.42 Å². The molecule has 2 rings (SSSR count). The first kappa shape index (κ1) is 15.4. The molecule has 3 N–H and O–H groups in total. The minimum atomic E-state index is -0.494. The summed E-state index contributed by atoms with van der Waals surface area (Å²) in [5.41, 5.74) is 1.00. The number of phenolic OH excluding ortho intramolecular Hbond substituents is 2. The molecule has 0 bridgehead atoms. The SMILES string of the molecule is O=C(NC(CBr)Cc1ccccc1)c1c(O)cccc1O. The molecule has 2 aromatic carbocycles. The Balaban J connectivity index is 2.10. The van der Waals surface area contributed by atoms with Gasteiger partial charge < -0.3 is 15.5 Å². The van der Waals surface area contributed by atoms with Gasteiger partial charge in [0.05, 0.1) is 0 Å². The normalized spacial score (nSPS) is 11.9. The third kappa shape index (κ3) is 3.98. The maximum absolute atomic E-state index is 12.2. The highest BCUT2D eigenvalue weighted by Crippen LogP contribution is 2.26. The molecule has 4 nitrogen and oxygen atoms in total. The van der Waals surface area contributed by atoms with E-state index in [4.69, 9.17) is 0 Å². The zero-order valence-corrected chi connectivity index (χ0v) is 12.9. The number of phenols is 2. The zero-order chi connectivity index (χ0) is 15.2. The average molecular weight is 350 g/mol. The molecule has 0 aliphatic heterocycles. The third-order valence-corrected chi connectivity index (χ3v) is 3.88. The van der Waals surface area contributed by atoms with Crippen molar-refractivity contribution in [3.63, 3.8) is 0 Å². The molecule has 0 aliphatic carbocycles. The van der Waals surface area contributed by atoms with Gasteiger partial charge in [0.2, 0.25) is 0 Å². The fraction of sp³-hybridized carbons (Fsp3) is 0.188. The predicted molar refractivity (Wildman–Crippen MR) is 85.0 cm³/mol. The Morgan fingerprint density at radius 2 is 1.67 bits per heavy atom. The Labute approximate surface area is 131 Å². The summed E-state index contributed by atoms with van der Waals surface area (Å²) in [6.07, 6.45) is 0.659. The molecule has 0 radical (unpaired) electrons. The van der Waals surface area contributed by atoms with Gasteiger partial charge in [-0.05, 0) is 24.1 Å². The Morgan fingerprint density at radius 3 is 2.24 bits per heavy atom. The van der Waals surface area contributed by atoms with Crippen LogP contribution in [0.3, 0.4) is 0 Å². The number of aromatic hydroxyl groups is 2. The van der Waals surface area contributed by atoms with Gasteiger partial charge in [-0.1, -0.05) is 52.3 Å². The molecule has 5 heteroatoms. The van der Waals surface area contributed by atoms with Gasteiger partial charge in [0, 0.05) is 11.4 Å². The van der Waals surface area contributed by atoms with Crippen LogP contribution in [0.4, 0.5) is 0 Å². The van der Waals surface area contributed by atoms with Crippen molar-refractivity contribution in [2.45, 2.75) is 12.5 Å². The molecule has 0 heterocycles. The summed E-state index contributed by atoms with van der Waals surface area (Å²) < 4.78 is 0. The van der Waals surface area contributed by atoms with Gasteiger partial charge in [-0.2, -0.15) is 0 Å². The number of benzene rings is 2. The van der Waals surface area contributed by atoms with E-state index in [2.05, 4.69) is 21.2 Å². The summed E-state index contributed by atoms with van der Waals surface area (Å²) in [6.45, 7) is 0. The Kier molecular flexibility index (Phi) is 5.22. The van der Waals surface area contributed by atoms with Crippen LogP contribution < -0.4 is 5.32 Å². The molecule has 0 fully saturated rings. The quantitative estimate of drug-likeness (QED) is 0.727. The molecule has 21 heavy (non-hydrogen) atoms.